The number of benzene rings is 1. The van der Waals surface area contributed by atoms with E-state index in [0.29, 0.717) is 5.92 Å². The molecule has 0 radical (unpaired) electrons. The zero-order valence-corrected chi connectivity index (χ0v) is 12.0. The molecule has 1 aromatic heterocycles. The van der Waals surface area contributed by atoms with Crippen molar-refractivity contribution in [2.24, 2.45) is 5.92 Å². The lowest BCUT2D eigenvalue weighted by atomic mass is 10.1. The van der Waals surface area contributed by atoms with Crippen LogP contribution in [0.15, 0.2) is 24.3 Å². The van der Waals surface area contributed by atoms with Crippen LogP contribution in [0.4, 0.5) is 0 Å². The second-order valence-corrected chi connectivity index (χ2v) is 4.96. The quantitative estimate of drug-likeness (QED) is 0.480. The highest BCUT2D eigenvalue weighted by Crippen LogP contribution is 2.11. The number of aromatic nitrogens is 3. The van der Waals surface area contributed by atoms with Gasteiger partial charge in [-0.1, -0.05) is 30.3 Å². The Morgan fingerprint density at radius 2 is 2.11 bits per heavy atom. The summed E-state index contributed by atoms with van der Waals surface area (Å²) in [6.07, 6.45) is 2.21. The van der Waals surface area contributed by atoms with Crippen LogP contribution in [0.2, 0.25) is 0 Å². The molecule has 2 aromatic rings. The highest BCUT2D eigenvalue weighted by molar-refractivity contribution is 5.77. The van der Waals surface area contributed by atoms with Gasteiger partial charge in [0.25, 0.3) is 0 Å². The van der Waals surface area contributed by atoms with Crippen molar-refractivity contribution in [3.8, 4) is 0 Å². The fourth-order valence-electron chi connectivity index (χ4n) is 2.17. The second-order valence-electron chi connectivity index (χ2n) is 4.96. The fraction of sp³-hybridized carbons (Fsp3) is 0.500. The van der Waals surface area contributed by atoms with E-state index in [4.69, 9.17) is 4.84 Å². The molecule has 0 aliphatic heterocycles. The van der Waals surface area contributed by atoms with Crippen molar-refractivity contribution in [2.45, 2.75) is 26.7 Å². The predicted octanol–water partition coefficient (Wildman–Crippen LogP) is 1.97. The zero-order valence-electron chi connectivity index (χ0n) is 12.0. The van der Waals surface area contributed by atoms with Gasteiger partial charge in [-0.25, -0.2) is 4.58 Å². The van der Waals surface area contributed by atoms with Gasteiger partial charge in [0.15, 0.2) is 0 Å². The summed E-state index contributed by atoms with van der Waals surface area (Å²) in [6.45, 7) is 4.34. The molecule has 0 aliphatic carbocycles. The molecule has 5 heteroatoms. The van der Waals surface area contributed by atoms with Gasteiger partial charge in [0.1, 0.15) is 25.1 Å². The first-order valence-corrected chi connectivity index (χ1v) is 6.66. The molecule has 0 aliphatic rings. The number of hydrogen-bond acceptors (Lipinski definition) is 3. The molecule has 1 aromatic carbocycles. The smallest absolute Gasteiger partial charge is 0.296 e. The second kappa shape index (κ2) is 5.82. The molecule has 2 rings (SSSR count). The first-order chi connectivity index (χ1) is 9.13. The van der Waals surface area contributed by atoms with Gasteiger partial charge in [-0.05, 0) is 30.7 Å². The molecule has 5 nitrogen and oxygen atoms in total. The summed E-state index contributed by atoms with van der Waals surface area (Å²) < 4.78 is 2.00. The Morgan fingerprint density at radius 3 is 2.79 bits per heavy atom. The van der Waals surface area contributed by atoms with Crippen LogP contribution in [0.5, 0.6) is 0 Å². The summed E-state index contributed by atoms with van der Waals surface area (Å²) in [5, 5.41) is 8.15. The van der Waals surface area contributed by atoms with Gasteiger partial charge < -0.3 is 0 Å². The van der Waals surface area contributed by atoms with E-state index >= 15 is 0 Å². The molecule has 19 heavy (non-hydrogen) atoms. The highest BCUT2D eigenvalue weighted by Gasteiger charge is 2.22. The van der Waals surface area contributed by atoms with E-state index in [1.807, 2.05) is 42.9 Å². The van der Waals surface area contributed by atoms with Crippen LogP contribution in [0.3, 0.4) is 0 Å². The van der Waals surface area contributed by atoms with Gasteiger partial charge in [0.2, 0.25) is 0 Å². The average molecular weight is 261 g/mol. The average Bonchev–Trinajstić information content (AvgIpc) is 2.79. The Bertz CT molecular complexity index is 584. The normalized spacial score (nSPS) is 12.4. The highest BCUT2D eigenvalue weighted by atomic mass is 16.7. The summed E-state index contributed by atoms with van der Waals surface area (Å²) in [4.78, 5) is 7.43. The van der Waals surface area contributed by atoms with E-state index in [1.165, 1.54) is 4.85 Å². The fourth-order valence-corrected chi connectivity index (χ4v) is 2.17. The van der Waals surface area contributed by atoms with Crippen molar-refractivity contribution >= 4 is 16.9 Å². The van der Waals surface area contributed by atoms with Crippen LogP contribution in [-0.4, -0.2) is 39.7 Å². The molecule has 0 saturated carbocycles. The summed E-state index contributed by atoms with van der Waals surface area (Å²) in [6, 6.07) is 7.77. The molecule has 0 N–H and O–H groups in total. The summed E-state index contributed by atoms with van der Waals surface area (Å²) >= 11 is 0. The molecule has 0 bridgehead atoms. The Balaban J connectivity index is 2.30. The molecule has 1 unspecified atom stereocenters. The molecule has 0 amide bonds. The van der Waals surface area contributed by atoms with Gasteiger partial charge in [0.05, 0.1) is 5.92 Å². The SMILES string of the molecule is CCCC(C)C(On1nnc2ccccc21)=[N+](C)C. The van der Waals surface area contributed by atoms with Gasteiger partial charge in [-0.3, -0.25) is 4.84 Å². The van der Waals surface area contributed by atoms with Crippen molar-refractivity contribution in [3.05, 3.63) is 24.3 Å². The topological polar surface area (TPSA) is 42.9 Å². The largest absolute Gasteiger partial charge is 0.365 e. The first-order valence-electron chi connectivity index (χ1n) is 6.66. The Hall–Kier alpha value is -1.91. The molecule has 102 valence electrons. The van der Waals surface area contributed by atoms with Crippen LogP contribution >= 0.6 is 0 Å². The van der Waals surface area contributed by atoms with Crippen molar-refractivity contribution in [1.82, 2.24) is 15.2 Å². The van der Waals surface area contributed by atoms with Crippen LogP contribution < -0.4 is 4.84 Å². The lowest BCUT2D eigenvalue weighted by molar-refractivity contribution is -0.477. The number of nitrogens with zero attached hydrogens (tertiary/aromatic N) is 4. The molecule has 1 atom stereocenters. The predicted molar refractivity (Wildman–Crippen MR) is 75.3 cm³/mol. The van der Waals surface area contributed by atoms with E-state index in [0.717, 1.165) is 29.8 Å². The van der Waals surface area contributed by atoms with Crippen molar-refractivity contribution in [2.75, 3.05) is 14.1 Å². The lowest BCUT2D eigenvalue weighted by Crippen LogP contribution is -2.33. The third-order valence-corrected chi connectivity index (χ3v) is 3.09. The third-order valence-electron chi connectivity index (χ3n) is 3.09. The van der Waals surface area contributed by atoms with Crippen LogP contribution in [-0.2, 0) is 0 Å². The molecule has 0 fully saturated rings. The van der Waals surface area contributed by atoms with E-state index < -0.39 is 0 Å². The van der Waals surface area contributed by atoms with E-state index in [9.17, 15) is 0 Å². The van der Waals surface area contributed by atoms with Crippen molar-refractivity contribution in [1.29, 1.82) is 0 Å². The van der Waals surface area contributed by atoms with Gasteiger partial charge >= 0.3 is 5.90 Å². The van der Waals surface area contributed by atoms with E-state index in [1.54, 1.807) is 0 Å². The number of para-hydroxylation sites is 1. The minimum atomic E-state index is 0.350. The van der Waals surface area contributed by atoms with E-state index in [2.05, 4.69) is 24.2 Å². The Morgan fingerprint density at radius 1 is 1.37 bits per heavy atom. The Labute approximate surface area is 113 Å². The minimum absolute atomic E-state index is 0.350. The standard InChI is InChI=1S/C14H21N4O/c1-5-8-11(2)14(17(3)4)19-18-13-10-7-6-9-12(13)15-16-18/h6-7,9-11H,5,8H2,1-4H3/q+1. The molecule has 1 heterocycles. The number of rotatable bonds is 4. The monoisotopic (exact) mass is 261 g/mol. The maximum Gasteiger partial charge on any atom is 0.365 e. The summed E-state index contributed by atoms with van der Waals surface area (Å²) in [5.41, 5.74) is 1.72. The maximum absolute atomic E-state index is 5.93. The van der Waals surface area contributed by atoms with Crippen LogP contribution in [0.1, 0.15) is 26.7 Å². The zero-order chi connectivity index (χ0) is 13.8. The summed E-state index contributed by atoms with van der Waals surface area (Å²) in [7, 11) is 3.97. The van der Waals surface area contributed by atoms with Crippen molar-refractivity contribution in [3.63, 3.8) is 0 Å². The molecular formula is C14H21N4O+. The first kappa shape index (κ1) is 13.5. The number of hydrogen-bond donors (Lipinski definition) is 0. The van der Waals surface area contributed by atoms with Crippen molar-refractivity contribution < 1.29 is 9.41 Å². The van der Waals surface area contributed by atoms with Crippen LogP contribution in [0, 0.1) is 5.92 Å². The minimum Gasteiger partial charge on any atom is -0.296 e. The van der Waals surface area contributed by atoms with Crippen LogP contribution in [0.25, 0.3) is 11.0 Å². The van der Waals surface area contributed by atoms with Gasteiger partial charge in [-0.15, -0.1) is 5.10 Å². The molecular weight excluding hydrogens is 240 g/mol. The molecule has 0 saturated heterocycles. The summed E-state index contributed by atoms with van der Waals surface area (Å²) in [5.74, 6) is 1.25. The van der Waals surface area contributed by atoms with E-state index in [-0.39, 0.29) is 0 Å². The lowest BCUT2D eigenvalue weighted by Gasteiger charge is -2.11. The maximum atomic E-state index is 5.93. The number of fused-ring (bicyclic) bond motifs is 1. The molecule has 0 spiro atoms. The third kappa shape index (κ3) is 2.92. The Kier molecular flexibility index (Phi) is 4.14. The van der Waals surface area contributed by atoms with Gasteiger partial charge in [-0.2, -0.15) is 0 Å². The van der Waals surface area contributed by atoms with Gasteiger partial charge in [0, 0.05) is 0 Å².